The van der Waals surface area contributed by atoms with Crippen LogP contribution in [0.2, 0.25) is 0 Å². The summed E-state index contributed by atoms with van der Waals surface area (Å²) >= 11 is 0. The predicted molar refractivity (Wildman–Crippen MR) is 95.0 cm³/mol. The highest BCUT2D eigenvalue weighted by Gasteiger charge is 2.48. The van der Waals surface area contributed by atoms with Crippen molar-refractivity contribution >= 4 is 34.1 Å². The van der Waals surface area contributed by atoms with Gasteiger partial charge in [-0.3, -0.25) is 9.59 Å². The van der Waals surface area contributed by atoms with Crippen molar-refractivity contribution in [2.75, 3.05) is 25.9 Å². The van der Waals surface area contributed by atoms with E-state index in [-0.39, 0.29) is 43.7 Å². The second-order valence-electron chi connectivity index (χ2n) is 6.60. The van der Waals surface area contributed by atoms with Crippen molar-refractivity contribution in [3.05, 3.63) is 0 Å². The largest absolute Gasteiger partial charge is 0.352 e. The van der Waals surface area contributed by atoms with E-state index < -0.39 is 20.5 Å². The van der Waals surface area contributed by atoms with Crippen molar-refractivity contribution in [1.82, 2.24) is 16.0 Å². The van der Waals surface area contributed by atoms with E-state index in [4.69, 9.17) is 0 Å². The molecule has 0 unspecified atom stereocenters. The summed E-state index contributed by atoms with van der Waals surface area (Å²) in [5, 5.41) is 8.51. The van der Waals surface area contributed by atoms with Crippen molar-refractivity contribution in [2.45, 2.75) is 55.7 Å². The van der Waals surface area contributed by atoms with E-state index in [0.717, 1.165) is 31.9 Å². The molecule has 0 aromatic carbocycles. The highest BCUT2D eigenvalue weighted by Crippen LogP contribution is 2.27. The van der Waals surface area contributed by atoms with E-state index >= 15 is 0 Å². The van der Waals surface area contributed by atoms with Crippen LogP contribution < -0.4 is 16.0 Å². The van der Waals surface area contributed by atoms with Gasteiger partial charge in [-0.15, -0.1) is 12.4 Å². The minimum atomic E-state index is -3.55. The maximum absolute atomic E-state index is 12.5. The van der Waals surface area contributed by atoms with Crippen LogP contribution in [0.1, 0.15) is 44.9 Å². The van der Waals surface area contributed by atoms with Gasteiger partial charge in [0.15, 0.2) is 14.6 Å². The van der Waals surface area contributed by atoms with Crippen LogP contribution in [0.25, 0.3) is 0 Å². The third kappa shape index (κ3) is 5.07. The van der Waals surface area contributed by atoms with Crippen LogP contribution in [-0.2, 0) is 19.4 Å². The van der Waals surface area contributed by atoms with Gasteiger partial charge >= 0.3 is 0 Å². The summed E-state index contributed by atoms with van der Waals surface area (Å²) in [6.45, 7) is 0.795. The summed E-state index contributed by atoms with van der Waals surface area (Å²) in [7, 11) is -3.55. The number of carbonyl (C=O) groups excluding carboxylic acids is 2. The first kappa shape index (κ1) is 21.2. The van der Waals surface area contributed by atoms with Gasteiger partial charge in [0.1, 0.15) is 0 Å². The molecule has 2 aliphatic rings. The van der Waals surface area contributed by atoms with E-state index in [2.05, 4.69) is 16.0 Å². The summed E-state index contributed by atoms with van der Waals surface area (Å²) in [4.78, 5) is 24.4. The molecule has 1 saturated carbocycles. The molecule has 1 aliphatic heterocycles. The van der Waals surface area contributed by atoms with E-state index in [1.807, 2.05) is 0 Å². The fraction of sp³-hybridized carbons (Fsp3) is 0.867. The van der Waals surface area contributed by atoms with Gasteiger partial charge in [-0.2, -0.15) is 0 Å². The van der Waals surface area contributed by atoms with Crippen LogP contribution in [-0.4, -0.2) is 56.9 Å². The summed E-state index contributed by atoms with van der Waals surface area (Å²) in [6, 6.07) is 0.177. The molecule has 0 aromatic heterocycles. The second kappa shape index (κ2) is 9.01. The van der Waals surface area contributed by atoms with Gasteiger partial charge in [0.2, 0.25) is 11.8 Å². The lowest BCUT2D eigenvalue weighted by molar-refractivity contribution is -0.128. The summed E-state index contributed by atoms with van der Waals surface area (Å²) < 4.78 is 22.8. The zero-order chi connectivity index (χ0) is 16.9. The van der Waals surface area contributed by atoms with E-state index in [0.29, 0.717) is 13.1 Å². The van der Waals surface area contributed by atoms with Gasteiger partial charge < -0.3 is 16.0 Å². The molecule has 140 valence electrons. The van der Waals surface area contributed by atoms with Crippen LogP contribution in [0.15, 0.2) is 0 Å². The Kier molecular flexibility index (Phi) is 7.95. The first-order valence-corrected chi connectivity index (χ1v) is 10.2. The first-order valence-electron chi connectivity index (χ1n) is 8.33. The second-order valence-corrected chi connectivity index (χ2v) is 8.93. The maximum atomic E-state index is 12.5. The first-order chi connectivity index (χ1) is 10.8. The lowest BCUT2D eigenvalue weighted by Gasteiger charge is -2.34. The van der Waals surface area contributed by atoms with Crippen LogP contribution in [0.5, 0.6) is 0 Å². The van der Waals surface area contributed by atoms with E-state index in [9.17, 15) is 18.0 Å². The molecule has 1 heterocycles. The number of rotatable bonds is 5. The van der Waals surface area contributed by atoms with Crippen molar-refractivity contribution in [3.8, 4) is 0 Å². The number of halogens is 1. The monoisotopic (exact) mass is 381 g/mol. The molecule has 9 heteroatoms. The van der Waals surface area contributed by atoms with Gasteiger partial charge in [0.25, 0.3) is 0 Å². The Morgan fingerprint density at radius 2 is 1.71 bits per heavy atom. The standard InChI is InChI=1S/C15H27N3O4S.ClH/c1-23(21,22)15(7-9-16-10-8-15)14(20)17-11-13(19)18-12-5-3-2-4-6-12;/h12,16H,2-11H2,1H3,(H,17,20)(H,18,19);1H. The summed E-state index contributed by atoms with van der Waals surface area (Å²) in [5.41, 5.74) is 0. The van der Waals surface area contributed by atoms with Crippen LogP contribution in [0.4, 0.5) is 0 Å². The summed E-state index contributed by atoms with van der Waals surface area (Å²) in [5.74, 6) is -0.803. The van der Waals surface area contributed by atoms with Crippen molar-refractivity contribution in [1.29, 1.82) is 0 Å². The van der Waals surface area contributed by atoms with Crippen LogP contribution >= 0.6 is 12.4 Å². The molecular weight excluding hydrogens is 354 g/mol. The average Bonchev–Trinajstić information content (AvgIpc) is 2.53. The molecule has 0 aromatic rings. The van der Waals surface area contributed by atoms with E-state index in [1.54, 1.807) is 0 Å². The van der Waals surface area contributed by atoms with Crippen molar-refractivity contribution in [3.63, 3.8) is 0 Å². The zero-order valence-corrected chi connectivity index (χ0v) is 15.7. The van der Waals surface area contributed by atoms with Crippen molar-refractivity contribution < 1.29 is 18.0 Å². The highest BCUT2D eigenvalue weighted by atomic mass is 35.5. The minimum Gasteiger partial charge on any atom is -0.352 e. The molecule has 1 saturated heterocycles. The number of carbonyl (C=O) groups is 2. The van der Waals surface area contributed by atoms with Crippen molar-refractivity contribution in [2.24, 2.45) is 0 Å². The SMILES string of the molecule is CS(=O)(=O)C1(C(=O)NCC(=O)NC2CCCCC2)CCNCC1.Cl. The molecule has 0 spiro atoms. The van der Waals surface area contributed by atoms with Crippen LogP contribution in [0.3, 0.4) is 0 Å². The Balaban J connectivity index is 0.00000288. The molecule has 0 bridgehead atoms. The third-order valence-corrected chi connectivity index (χ3v) is 6.93. The fourth-order valence-corrected chi connectivity index (χ4v) is 4.80. The molecule has 2 fully saturated rings. The number of nitrogens with one attached hydrogen (secondary N) is 3. The summed E-state index contributed by atoms with van der Waals surface area (Å²) in [6.07, 6.45) is 6.94. The number of hydrogen-bond acceptors (Lipinski definition) is 5. The molecule has 7 nitrogen and oxygen atoms in total. The maximum Gasteiger partial charge on any atom is 0.241 e. The normalized spacial score (nSPS) is 21.4. The zero-order valence-electron chi connectivity index (χ0n) is 14.1. The van der Waals surface area contributed by atoms with E-state index in [1.165, 1.54) is 6.42 Å². The van der Waals surface area contributed by atoms with Crippen LogP contribution in [0, 0.1) is 0 Å². The lowest BCUT2D eigenvalue weighted by atomic mass is 9.95. The third-order valence-electron chi connectivity index (χ3n) is 4.91. The Labute approximate surface area is 150 Å². The molecular formula is C15H28ClN3O4S. The number of sulfone groups is 1. The molecule has 2 rings (SSSR count). The Morgan fingerprint density at radius 3 is 2.25 bits per heavy atom. The highest BCUT2D eigenvalue weighted by molar-refractivity contribution is 7.92. The average molecular weight is 382 g/mol. The van der Waals surface area contributed by atoms with Gasteiger partial charge in [-0.1, -0.05) is 19.3 Å². The molecule has 0 radical (unpaired) electrons. The topological polar surface area (TPSA) is 104 Å². The van der Waals surface area contributed by atoms with Gasteiger partial charge in [-0.25, -0.2) is 8.42 Å². The Bertz CT molecular complexity index is 541. The molecule has 0 atom stereocenters. The number of amides is 2. The number of hydrogen-bond donors (Lipinski definition) is 3. The predicted octanol–water partition coefficient (Wildman–Crippen LogP) is 0.140. The molecule has 3 N–H and O–H groups in total. The minimum absolute atomic E-state index is 0. The lowest BCUT2D eigenvalue weighted by Crippen LogP contribution is -2.58. The Hall–Kier alpha value is -0.860. The van der Waals surface area contributed by atoms with Gasteiger partial charge in [0.05, 0.1) is 6.54 Å². The molecule has 2 amide bonds. The number of piperidine rings is 1. The smallest absolute Gasteiger partial charge is 0.241 e. The Morgan fingerprint density at radius 1 is 1.12 bits per heavy atom. The van der Waals surface area contributed by atoms with Gasteiger partial charge in [0, 0.05) is 12.3 Å². The fourth-order valence-electron chi connectivity index (χ4n) is 3.44. The quantitative estimate of drug-likeness (QED) is 0.628. The molecule has 24 heavy (non-hydrogen) atoms. The molecule has 1 aliphatic carbocycles. The van der Waals surface area contributed by atoms with Gasteiger partial charge in [-0.05, 0) is 38.8 Å².